The lowest BCUT2D eigenvalue weighted by molar-refractivity contribution is -0.131. The van der Waals surface area contributed by atoms with Gasteiger partial charge in [0, 0.05) is 19.6 Å². The molecule has 4 nitrogen and oxygen atoms in total. The largest absolute Gasteiger partial charge is 0.336 e. The standard InChI is InChI=1S/C16H25Cl2N3O.ClH/c1-4-20(5-2)8-9-21(16(22)11-19-3)12-13-6-7-14(17)15(18)10-13;/h6-7,10,19H,4-5,8-9,11-12H2,1-3H3;1H. The number of halogens is 3. The van der Waals surface area contributed by atoms with Gasteiger partial charge in [0.25, 0.3) is 0 Å². The molecule has 1 amide bonds. The first-order chi connectivity index (χ1) is 10.5. The normalized spacial score (nSPS) is 10.5. The SMILES string of the molecule is CCN(CC)CCN(Cc1ccc(Cl)c(Cl)c1)C(=O)CNC.Cl. The Bertz CT molecular complexity index is 482. The van der Waals surface area contributed by atoms with Crippen LogP contribution in [-0.2, 0) is 11.3 Å². The lowest BCUT2D eigenvalue weighted by Crippen LogP contribution is -2.41. The molecular weight excluding hydrogens is 357 g/mol. The Morgan fingerprint density at radius 3 is 2.30 bits per heavy atom. The Morgan fingerprint density at radius 2 is 1.78 bits per heavy atom. The lowest BCUT2D eigenvalue weighted by atomic mass is 10.2. The fraction of sp³-hybridized carbons (Fsp3) is 0.562. The number of benzene rings is 1. The summed E-state index contributed by atoms with van der Waals surface area (Å²) >= 11 is 12.0. The molecule has 0 unspecified atom stereocenters. The lowest BCUT2D eigenvalue weighted by Gasteiger charge is -2.26. The molecule has 0 bridgehead atoms. The minimum Gasteiger partial charge on any atom is -0.336 e. The molecule has 0 aromatic heterocycles. The van der Waals surface area contributed by atoms with Crippen molar-refractivity contribution in [3.63, 3.8) is 0 Å². The molecule has 0 aliphatic carbocycles. The molecule has 0 saturated carbocycles. The Hall–Kier alpha value is -0.520. The minimum atomic E-state index is 0. The van der Waals surface area contributed by atoms with Gasteiger partial charge in [0.05, 0.1) is 16.6 Å². The van der Waals surface area contributed by atoms with Crippen LogP contribution in [0.1, 0.15) is 19.4 Å². The van der Waals surface area contributed by atoms with Crippen LogP contribution in [0.25, 0.3) is 0 Å². The molecule has 23 heavy (non-hydrogen) atoms. The fourth-order valence-electron chi connectivity index (χ4n) is 2.22. The average Bonchev–Trinajstić information content (AvgIpc) is 2.50. The molecule has 1 N–H and O–H groups in total. The monoisotopic (exact) mass is 381 g/mol. The molecule has 132 valence electrons. The molecule has 0 radical (unpaired) electrons. The van der Waals surface area contributed by atoms with E-state index in [0.717, 1.165) is 25.2 Å². The van der Waals surface area contributed by atoms with Crippen molar-refractivity contribution < 1.29 is 4.79 Å². The van der Waals surface area contributed by atoms with E-state index in [1.807, 2.05) is 17.0 Å². The summed E-state index contributed by atoms with van der Waals surface area (Å²) in [6.45, 7) is 8.66. The van der Waals surface area contributed by atoms with Crippen LogP contribution < -0.4 is 5.32 Å². The van der Waals surface area contributed by atoms with Crippen LogP contribution in [0.3, 0.4) is 0 Å². The number of rotatable bonds is 9. The van der Waals surface area contributed by atoms with Crippen LogP contribution in [0.4, 0.5) is 0 Å². The highest BCUT2D eigenvalue weighted by Gasteiger charge is 2.14. The van der Waals surface area contributed by atoms with E-state index in [2.05, 4.69) is 24.1 Å². The van der Waals surface area contributed by atoms with Crippen molar-refractivity contribution in [3.05, 3.63) is 33.8 Å². The third-order valence-electron chi connectivity index (χ3n) is 3.62. The van der Waals surface area contributed by atoms with Crippen LogP contribution >= 0.6 is 35.6 Å². The van der Waals surface area contributed by atoms with Crippen molar-refractivity contribution in [2.75, 3.05) is 39.8 Å². The zero-order valence-electron chi connectivity index (χ0n) is 13.9. The molecule has 7 heteroatoms. The van der Waals surface area contributed by atoms with E-state index in [-0.39, 0.29) is 18.3 Å². The molecule has 0 spiro atoms. The summed E-state index contributed by atoms with van der Waals surface area (Å²) in [4.78, 5) is 16.4. The van der Waals surface area contributed by atoms with Gasteiger partial charge in [0.2, 0.25) is 5.91 Å². The summed E-state index contributed by atoms with van der Waals surface area (Å²) < 4.78 is 0. The van der Waals surface area contributed by atoms with Gasteiger partial charge in [-0.3, -0.25) is 4.79 Å². The van der Waals surface area contributed by atoms with Crippen molar-refractivity contribution in [1.29, 1.82) is 0 Å². The second-order valence-electron chi connectivity index (χ2n) is 5.12. The molecule has 0 aliphatic heterocycles. The molecule has 0 atom stereocenters. The summed E-state index contributed by atoms with van der Waals surface area (Å²) in [5, 5.41) is 3.96. The van der Waals surface area contributed by atoms with Crippen LogP contribution in [0.15, 0.2) is 18.2 Å². The maximum atomic E-state index is 12.3. The summed E-state index contributed by atoms with van der Waals surface area (Å²) in [5.41, 5.74) is 0.985. The number of likely N-dealkylation sites (N-methyl/N-ethyl adjacent to an activating group) is 2. The second kappa shape index (κ2) is 11.9. The first-order valence-electron chi connectivity index (χ1n) is 7.60. The Morgan fingerprint density at radius 1 is 1.13 bits per heavy atom. The minimum absolute atomic E-state index is 0. The summed E-state index contributed by atoms with van der Waals surface area (Å²) in [5.74, 6) is 0.0840. The van der Waals surface area contributed by atoms with Crippen molar-refractivity contribution in [2.24, 2.45) is 0 Å². The highest BCUT2D eigenvalue weighted by Crippen LogP contribution is 2.23. The highest BCUT2D eigenvalue weighted by atomic mass is 35.5. The van der Waals surface area contributed by atoms with Gasteiger partial charge in [-0.25, -0.2) is 0 Å². The number of carbonyl (C=O) groups excluding carboxylic acids is 1. The van der Waals surface area contributed by atoms with E-state index >= 15 is 0 Å². The molecule has 1 aromatic rings. The van der Waals surface area contributed by atoms with E-state index in [1.54, 1.807) is 13.1 Å². The summed E-state index contributed by atoms with van der Waals surface area (Å²) in [7, 11) is 1.78. The maximum Gasteiger partial charge on any atom is 0.236 e. The topological polar surface area (TPSA) is 35.6 Å². The molecule has 1 rings (SSSR count). The van der Waals surface area contributed by atoms with Crippen LogP contribution in [-0.4, -0.2) is 55.5 Å². The number of carbonyl (C=O) groups is 1. The molecule has 0 aliphatic rings. The Balaban J connectivity index is 0.00000484. The number of nitrogens with one attached hydrogen (secondary N) is 1. The van der Waals surface area contributed by atoms with E-state index in [0.29, 0.717) is 29.7 Å². The van der Waals surface area contributed by atoms with Gasteiger partial charge in [0.1, 0.15) is 0 Å². The first kappa shape index (κ1) is 22.5. The van der Waals surface area contributed by atoms with Gasteiger partial charge >= 0.3 is 0 Å². The quantitative estimate of drug-likeness (QED) is 0.712. The maximum absolute atomic E-state index is 12.3. The molecule has 0 fully saturated rings. The third kappa shape index (κ3) is 7.73. The van der Waals surface area contributed by atoms with Crippen LogP contribution in [0.2, 0.25) is 10.0 Å². The Labute approximate surface area is 155 Å². The van der Waals surface area contributed by atoms with Gasteiger partial charge in [0.15, 0.2) is 0 Å². The predicted octanol–water partition coefficient (Wildman–Crippen LogP) is 3.31. The molecule has 0 saturated heterocycles. The summed E-state index contributed by atoms with van der Waals surface area (Å²) in [6.07, 6.45) is 0. The second-order valence-corrected chi connectivity index (χ2v) is 5.94. The highest BCUT2D eigenvalue weighted by molar-refractivity contribution is 6.42. The zero-order valence-corrected chi connectivity index (χ0v) is 16.3. The smallest absolute Gasteiger partial charge is 0.236 e. The van der Waals surface area contributed by atoms with Crippen molar-refractivity contribution in [1.82, 2.24) is 15.1 Å². The third-order valence-corrected chi connectivity index (χ3v) is 4.36. The Kier molecular flexibility index (Phi) is 11.7. The van der Waals surface area contributed by atoms with E-state index in [9.17, 15) is 4.79 Å². The number of nitrogens with zero attached hydrogens (tertiary/aromatic N) is 2. The molecular formula is C16H26Cl3N3O. The van der Waals surface area contributed by atoms with Crippen LogP contribution in [0, 0.1) is 0 Å². The van der Waals surface area contributed by atoms with Crippen molar-refractivity contribution in [3.8, 4) is 0 Å². The molecule has 0 heterocycles. The fourth-order valence-corrected chi connectivity index (χ4v) is 2.54. The van der Waals surface area contributed by atoms with E-state index in [4.69, 9.17) is 23.2 Å². The number of hydrogen-bond donors (Lipinski definition) is 1. The van der Waals surface area contributed by atoms with Crippen molar-refractivity contribution in [2.45, 2.75) is 20.4 Å². The average molecular weight is 383 g/mol. The van der Waals surface area contributed by atoms with Gasteiger partial charge in [-0.05, 0) is 37.8 Å². The van der Waals surface area contributed by atoms with Gasteiger partial charge in [-0.15, -0.1) is 12.4 Å². The zero-order chi connectivity index (χ0) is 16.5. The van der Waals surface area contributed by atoms with Gasteiger partial charge < -0.3 is 15.1 Å². The van der Waals surface area contributed by atoms with Gasteiger partial charge in [-0.2, -0.15) is 0 Å². The van der Waals surface area contributed by atoms with E-state index < -0.39 is 0 Å². The number of hydrogen-bond acceptors (Lipinski definition) is 3. The predicted molar refractivity (Wildman–Crippen MR) is 101 cm³/mol. The summed E-state index contributed by atoms with van der Waals surface area (Å²) in [6, 6.07) is 5.50. The molecule has 1 aromatic carbocycles. The van der Waals surface area contributed by atoms with Crippen molar-refractivity contribution >= 4 is 41.5 Å². The first-order valence-corrected chi connectivity index (χ1v) is 8.36. The van der Waals surface area contributed by atoms with Crippen LogP contribution in [0.5, 0.6) is 0 Å². The van der Waals surface area contributed by atoms with Gasteiger partial charge in [-0.1, -0.05) is 43.1 Å². The number of amides is 1. The van der Waals surface area contributed by atoms with E-state index in [1.165, 1.54) is 0 Å².